The van der Waals surface area contributed by atoms with Crippen LogP contribution in [0.4, 0.5) is 17.1 Å². The van der Waals surface area contributed by atoms with E-state index < -0.39 is 5.92 Å². The zero-order chi connectivity index (χ0) is 107. The molecule has 0 saturated carbocycles. The van der Waals surface area contributed by atoms with Crippen molar-refractivity contribution in [3.05, 3.63) is 453 Å². The van der Waals surface area contributed by atoms with E-state index in [0.29, 0.717) is 70.4 Å². The zero-order valence-electron chi connectivity index (χ0n) is 83.8. The first kappa shape index (κ1) is 113. The molecule has 20 nitrogen and oxygen atoms in total. The van der Waals surface area contributed by atoms with Crippen molar-refractivity contribution in [2.75, 3.05) is 22.1 Å². The minimum atomic E-state index is -0.408. The average molecular weight is 2310 g/mol. The molecule has 3 heterocycles. The molecule has 758 valence electrons. The van der Waals surface area contributed by atoms with E-state index in [1.807, 2.05) is 260 Å². The van der Waals surface area contributed by atoms with Crippen LogP contribution in [-0.4, -0.2) is 84.5 Å². The van der Waals surface area contributed by atoms with E-state index in [0.717, 1.165) is 109 Å². The first-order chi connectivity index (χ1) is 71.6. The molecule has 17 rings (SSSR count). The predicted octanol–water partition coefficient (Wildman–Crippen LogP) is 29.7. The van der Waals surface area contributed by atoms with Crippen LogP contribution < -0.4 is 36.8 Å². The fourth-order valence-corrected chi connectivity index (χ4v) is 20.8. The van der Waals surface area contributed by atoms with Gasteiger partial charge in [0, 0.05) is 54.7 Å². The molecule has 3 aliphatic rings. The molecule has 0 bridgehead atoms. The molecule has 28 heteroatoms. The maximum Gasteiger partial charge on any atom is 0.270 e. The van der Waals surface area contributed by atoms with Crippen molar-refractivity contribution in [3.8, 4) is 23.1 Å². The van der Waals surface area contributed by atoms with Crippen LogP contribution in [0.5, 0.6) is 17.4 Å². The number of hydrazone groups is 2. The summed E-state index contributed by atoms with van der Waals surface area (Å²) in [6, 6.07) is 90.0. The number of halogens is 4. The third-order valence-corrected chi connectivity index (χ3v) is 30.2. The van der Waals surface area contributed by atoms with Crippen molar-refractivity contribution < 1.29 is 44.4 Å². The van der Waals surface area contributed by atoms with Gasteiger partial charge >= 0.3 is 0 Å². The number of carbonyl (C=O) groups is 5. The number of fused-ring (bicyclic) bond motifs is 2. The average Bonchev–Trinajstić information content (AvgIpc) is 1.63. The summed E-state index contributed by atoms with van der Waals surface area (Å²) >= 11 is 27.1. The Bertz CT molecular complexity index is 7790. The number of thioether (sulfide) groups is 1. The van der Waals surface area contributed by atoms with Crippen LogP contribution in [0.2, 0.25) is 0 Å². The number of aliphatic hydroxyl groups excluding tert-OH is 1. The number of benzene rings is 13. The predicted molar refractivity (Wildman–Crippen MR) is 636 cm³/mol. The van der Waals surface area contributed by atoms with Gasteiger partial charge in [-0.15, -0.1) is 21.6 Å². The minimum absolute atomic E-state index is 0.0207. The van der Waals surface area contributed by atoms with Gasteiger partial charge in [-0.05, 0) is 292 Å². The second-order valence-electron chi connectivity index (χ2n) is 35.9. The number of azo groups is 1. The van der Waals surface area contributed by atoms with E-state index in [-0.39, 0.29) is 52.2 Å². The Labute approximate surface area is 921 Å². The number of hydrogen-bond acceptors (Lipinski definition) is 19. The van der Waals surface area contributed by atoms with Crippen LogP contribution in [0, 0.1) is 44.0 Å². The standard InChI is InChI=1S/C27H22Br2N2O2.C27H35NO.C21H18Br2N2O2.C19H14N4OS2.C19H15NO2S2.C8H9NO/c1-17-24(28)15-22(26(32)25(17)29)16-30-31-27(33)23(20-8-3-2-4-9-20)14-18-11-12-19-7-5-6-10-21(19)13-18;1-20(14-17-25-23(4)11-8-18-27(25,5)6)9-7-10-22(3)19-26(29)28-24-15-12-21(2)13-16-24;1-13-18(22)11-17(21(27)20(13)23)12-24-25-19(26)9-7-14-6-8-15-4-2-3-5-16(15)10-14;1-12-3-2-4-15(9-12)23-18(24)16(26-19(23)25)10-13-5-7-14(8-6-13)17-20-11-21-22-17;1-12-4-3-5-16(10-12)20-18(22)17(24-19(20)23)11-14-6-8-15(9-7-14)13(2)21;10-7-6-9-8-4-2-1-3-5-8/h2-13,15-16,23,32H,14H2,1H3,(H,31,33);7,9-10,12-17,19H,8,11,18H2,1-6H3,(H,28,29);2-6,8,10-12,27H,7,9H2,1H3,(H,25,26);2-11,24H,1H3;3-11,21H,2H2,1H3;1-5,7,9H,6H2/b30-16+;10-7+,17-14+,20-9+,22-19+;24-12+;;17-11-;. The molecule has 0 radical (unpaired) electrons. The van der Waals surface area contributed by atoms with Crippen molar-refractivity contribution in [2.24, 2.45) is 30.8 Å². The second kappa shape index (κ2) is 55.6. The van der Waals surface area contributed by atoms with Crippen LogP contribution in [0.1, 0.15) is 138 Å². The van der Waals surface area contributed by atoms with Gasteiger partial charge in [-0.2, -0.15) is 10.2 Å². The van der Waals surface area contributed by atoms with E-state index in [4.69, 9.17) is 24.4 Å². The maximum absolute atomic E-state index is 13.2. The Balaban J connectivity index is 0.000000162. The molecule has 14 aromatic rings. The number of aldehydes is 1. The van der Waals surface area contributed by atoms with Gasteiger partial charge in [0.2, 0.25) is 23.6 Å². The van der Waals surface area contributed by atoms with Gasteiger partial charge in [0.15, 0.2) is 14.1 Å². The number of phenols is 2. The second-order valence-corrected chi connectivity index (χ2v) is 42.6. The molecule has 8 N–H and O–H groups in total. The van der Waals surface area contributed by atoms with Gasteiger partial charge in [0.25, 0.3) is 5.91 Å². The maximum atomic E-state index is 13.2. The third kappa shape index (κ3) is 33.3. The molecular weight excluding hydrogens is 2200 g/mol. The van der Waals surface area contributed by atoms with Crippen LogP contribution in [0.15, 0.2) is 393 Å². The van der Waals surface area contributed by atoms with Crippen molar-refractivity contribution in [3.63, 3.8) is 0 Å². The number of hydrogen-bond donors (Lipinski definition) is 8. The molecule has 13 aromatic carbocycles. The number of aryl methyl sites for hydroxylation is 4. The smallest absolute Gasteiger partial charge is 0.270 e. The number of aliphatic imine (C=N–C) groups is 1. The van der Waals surface area contributed by atoms with Gasteiger partial charge in [0.1, 0.15) is 29.9 Å². The normalized spacial score (nSPS) is 13.6. The number of nitrogens with zero attached hydrogens (tertiary/aromatic N) is 7. The lowest BCUT2D eigenvalue weighted by Crippen LogP contribution is -2.27. The number of aromatic nitrogens is 1. The highest BCUT2D eigenvalue weighted by atomic mass is 79.9. The lowest BCUT2D eigenvalue weighted by atomic mass is 9.72. The minimum Gasteiger partial charge on any atom is -0.508 e. The number of amides is 4. The molecule has 4 amide bonds. The van der Waals surface area contributed by atoms with Gasteiger partial charge < -0.3 is 35.9 Å². The molecular formula is C121H113Br4N11O9S4. The number of para-hydroxylation sites is 1. The largest absolute Gasteiger partial charge is 0.508 e. The van der Waals surface area contributed by atoms with Gasteiger partial charge in [0.05, 0.1) is 55.0 Å². The number of anilines is 3. The molecule has 0 spiro atoms. The first-order valence-corrected chi connectivity index (χ1v) is 53.3. The molecule has 2 aliphatic heterocycles. The summed E-state index contributed by atoms with van der Waals surface area (Å²) in [4.78, 5) is 66.9. The lowest BCUT2D eigenvalue weighted by molar-refractivity contribution is -0.122. The van der Waals surface area contributed by atoms with Crippen LogP contribution in [0.3, 0.4) is 0 Å². The summed E-state index contributed by atoms with van der Waals surface area (Å²) in [5.41, 5.74) is 24.7. The lowest BCUT2D eigenvalue weighted by Gasteiger charge is -2.32. The Morgan fingerprint density at radius 1 is 0.611 bits per heavy atom. The highest BCUT2D eigenvalue weighted by Crippen LogP contribution is 2.43. The molecule has 1 fully saturated rings. The van der Waals surface area contributed by atoms with E-state index in [9.17, 15) is 44.4 Å². The summed E-state index contributed by atoms with van der Waals surface area (Å²) in [5, 5.41) is 68.6. The number of allylic oxidation sites excluding steroid dienone is 9. The molecule has 1 saturated heterocycles. The molecule has 149 heavy (non-hydrogen) atoms. The number of nitrogens with one attached hydrogen (secondary N) is 4. The zero-order valence-corrected chi connectivity index (χ0v) is 93.4. The van der Waals surface area contributed by atoms with Crippen molar-refractivity contribution in [2.45, 2.75) is 114 Å². The monoisotopic (exact) mass is 2310 g/mol. The first-order valence-electron chi connectivity index (χ1n) is 47.7. The topological polar surface area (TPSA) is 284 Å². The van der Waals surface area contributed by atoms with Gasteiger partial charge in [-0.1, -0.05) is 342 Å². The third-order valence-electron chi connectivity index (χ3n) is 24.0. The summed E-state index contributed by atoms with van der Waals surface area (Å²) < 4.78 is 5.68. The van der Waals surface area contributed by atoms with Crippen LogP contribution >= 0.6 is 111 Å². The van der Waals surface area contributed by atoms with E-state index >= 15 is 0 Å². The molecule has 1 atom stereocenters. The Hall–Kier alpha value is -14.3. The summed E-state index contributed by atoms with van der Waals surface area (Å²) in [7, 11) is 0. The molecule has 1 unspecified atom stereocenters. The summed E-state index contributed by atoms with van der Waals surface area (Å²) in [6.07, 6.45) is 26.3. The number of thiazole rings is 1. The fraction of sp³-hybridized carbons (Fsp3) is 0.157. The molecule has 1 aliphatic carbocycles. The quantitative estimate of drug-likeness (QED) is 0.00503. The van der Waals surface area contributed by atoms with Crippen molar-refractivity contribution in [1.29, 1.82) is 0 Å². The van der Waals surface area contributed by atoms with E-state index in [1.165, 1.54) is 99.6 Å². The SMILES string of the molecule is C=C(O)c1ccc(/C=C2\SC(=S)N(c3cccc(C)c3)C2=O)cc1.CC1=C(/C=C/C(C)=C/C=C/C(C)=C/C(=O)Nc2ccc(C)cc2)C(C)(C)CCC1.Cc1c(Br)cc(/C=N/NC(=O)C(Cc2ccc3ccccc3c2)c2ccccc2)c(O)c1Br.Cc1c(Br)cc(/C=N/NC(=O)CCc2ccc3ccccc3c2)c(O)c1Br.Cc1cccc(-n2c(O)c(C=c3ccc(=C4N=CN=N4)cc3)sc2=S)c1.O=CCNc1ccccc1. The number of aliphatic hydroxyl groups is 1. The Morgan fingerprint density at radius 3 is 1.78 bits per heavy atom. The summed E-state index contributed by atoms with van der Waals surface area (Å²) in [5.74, 6) is -0.0978. The highest BCUT2D eigenvalue weighted by Gasteiger charge is 2.34. The fourth-order valence-electron chi connectivity index (χ4n) is 15.9. The van der Waals surface area contributed by atoms with Gasteiger partial charge in [-0.3, -0.25) is 28.6 Å². The summed E-state index contributed by atoms with van der Waals surface area (Å²) in [6.45, 7) is 24.6. The van der Waals surface area contributed by atoms with E-state index in [1.54, 1.807) is 45.9 Å². The van der Waals surface area contributed by atoms with Crippen LogP contribution in [0.25, 0.3) is 51.0 Å². The Morgan fingerprint density at radius 2 is 1.19 bits per heavy atom. The Kier molecular flexibility index (Phi) is 42.3. The van der Waals surface area contributed by atoms with E-state index in [2.05, 4.69) is 218 Å². The number of carbonyl (C=O) groups excluding carboxylic acids is 5. The number of rotatable bonds is 25. The number of aromatic hydroxyl groups is 3. The number of phenolic OH excluding ortho intramolecular Hbond substituents is 2. The molecule has 1 aromatic heterocycles. The highest BCUT2D eigenvalue weighted by molar-refractivity contribution is 9.11. The van der Waals surface area contributed by atoms with Crippen molar-refractivity contribution >= 4 is 227 Å². The number of thiocarbonyl (C=S) groups is 1. The van der Waals surface area contributed by atoms with Gasteiger partial charge in [-0.25, -0.2) is 15.8 Å². The van der Waals surface area contributed by atoms with Crippen LogP contribution in [-0.2, 0) is 36.8 Å². The van der Waals surface area contributed by atoms with Crippen molar-refractivity contribution in [1.82, 2.24) is 15.4 Å².